The second-order valence-electron chi connectivity index (χ2n) is 11.0. The zero-order valence-electron chi connectivity index (χ0n) is 17.5. The number of hydrogen-bond donors (Lipinski definition) is 0. The summed E-state index contributed by atoms with van der Waals surface area (Å²) >= 11 is 0. The molecule has 8 rings (SSSR count). The van der Waals surface area contributed by atoms with Gasteiger partial charge in [-0.2, -0.15) is 8.42 Å². The van der Waals surface area contributed by atoms with Crippen LogP contribution in [-0.4, -0.2) is 68.3 Å². The highest BCUT2D eigenvalue weighted by atomic mass is 32.3. The summed E-state index contributed by atoms with van der Waals surface area (Å²) in [4.78, 5) is 12.2. The SMILES string of the molecule is CC(C)[C@]12O[C@H]1[C@@H]1O[C@]13[C@]1(O[C@H]1C[C@H]1C4=C(CC[C@@]13C)C(=O)OC4)[C@]21COS(=O)(=O)O1. The van der Waals surface area contributed by atoms with Crippen LogP contribution in [0, 0.1) is 17.3 Å². The van der Waals surface area contributed by atoms with Crippen LogP contribution in [0.15, 0.2) is 11.1 Å². The van der Waals surface area contributed by atoms with Crippen molar-refractivity contribution in [3.63, 3.8) is 0 Å². The van der Waals surface area contributed by atoms with E-state index in [1.807, 2.05) is 13.8 Å². The molecule has 168 valence electrons. The molecule has 10 heteroatoms. The molecule has 4 saturated heterocycles. The Morgan fingerprint density at radius 2 is 1.90 bits per heavy atom. The third kappa shape index (κ3) is 1.51. The lowest BCUT2D eigenvalue weighted by Gasteiger charge is -2.56. The van der Waals surface area contributed by atoms with E-state index in [-0.39, 0.29) is 48.1 Å². The Hall–Kier alpha value is -1.04. The number of epoxide rings is 3. The lowest BCUT2D eigenvalue weighted by atomic mass is 9.44. The van der Waals surface area contributed by atoms with E-state index >= 15 is 0 Å². The van der Waals surface area contributed by atoms with Gasteiger partial charge in [0.25, 0.3) is 0 Å². The topological polar surface area (TPSA) is 116 Å². The van der Waals surface area contributed by atoms with E-state index in [2.05, 4.69) is 6.92 Å². The fraction of sp³-hybridized carbons (Fsp3) is 0.857. The molecule has 0 aromatic carbocycles. The van der Waals surface area contributed by atoms with Gasteiger partial charge < -0.3 is 18.9 Å². The van der Waals surface area contributed by atoms with E-state index in [9.17, 15) is 13.2 Å². The highest BCUT2D eigenvalue weighted by Crippen LogP contribution is 2.86. The zero-order valence-corrected chi connectivity index (χ0v) is 18.3. The average Bonchev–Trinajstić information content (AvgIpc) is 3.60. The lowest BCUT2D eigenvalue weighted by Crippen LogP contribution is -2.76. The van der Waals surface area contributed by atoms with Crippen LogP contribution in [0.25, 0.3) is 0 Å². The number of fused-ring (bicyclic) bond motifs is 5. The summed E-state index contributed by atoms with van der Waals surface area (Å²) in [5, 5.41) is 0. The average molecular weight is 452 g/mol. The smallest absolute Gasteiger partial charge is 0.400 e. The van der Waals surface area contributed by atoms with Gasteiger partial charge in [-0.25, -0.2) is 13.2 Å². The molecule has 9 atom stereocenters. The van der Waals surface area contributed by atoms with Gasteiger partial charge in [0.15, 0.2) is 11.2 Å². The molecule has 6 fully saturated rings. The normalized spacial score (nSPS) is 61.1. The highest BCUT2D eigenvalue weighted by Gasteiger charge is 3.06. The van der Waals surface area contributed by atoms with Crippen LogP contribution in [0.5, 0.6) is 0 Å². The first-order valence-corrected chi connectivity index (χ1v) is 12.5. The maximum atomic E-state index is 12.5. The van der Waals surface area contributed by atoms with Crippen molar-refractivity contribution in [1.82, 2.24) is 0 Å². The Morgan fingerprint density at radius 3 is 2.61 bits per heavy atom. The summed E-state index contributed by atoms with van der Waals surface area (Å²) in [5.74, 6) is -0.142. The van der Waals surface area contributed by atoms with Crippen LogP contribution in [0.2, 0.25) is 0 Å². The van der Waals surface area contributed by atoms with Crippen molar-refractivity contribution in [3.8, 4) is 0 Å². The fourth-order valence-electron chi connectivity index (χ4n) is 8.77. The molecule has 0 aromatic rings. The second kappa shape index (κ2) is 4.63. The third-order valence-electron chi connectivity index (χ3n) is 10.0. The Labute approximate surface area is 179 Å². The Balaban J connectivity index is 1.35. The Kier molecular flexibility index (Phi) is 2.74. The third-order valence-corrected chi connectivity index (χ3v) is 10.9. The molecule has 8 aliphatic rings. The van der Waals surface area contributed by atoms with Gasteiger partial charge >= 0.3 is 16.4 Å². The summed E-state index contributed by atoms with van der Waals surface area (Å²) in [7, 11) is -4.16. The molecule has 9 nitrogen and oxygen atoms in total. The molecule has 5 heterocycles. The minimum absolute atomic E-state index is 0.0112. The summed E-state index contributed by atoms with van der Waals surface area (Å²) in [5.41, 5.74) is -2.27. The fourth-order valence-corrected chi connectivity index (χ4v) is 9.78. The molecular weight excluding hydrogens is 428 g/mol. The summed E-state index contributed by atoms with van der Waals surface area (Å²) in [6.45, 7) is 6.43. The standard InChI is InChI=1S/C21H24O9S/c1-9(2)19-14(28-19)15-21(29-15)17(3)5-4-10-11(7-25-16(10)22)12(17)6-13-20(21,27-13)18(19)8-26-31(23,24)30-18/h9,12-15H,4-8H2,1-3H3/t12-,13-,14-,15-,17-,18-,19-,20+,21+/m0/s1. The minimum Gasteiger partial charge on any atom is -0.458 e. The summed E-state index contributed by atoms with van der Waals surface area (Å²) < 4.78 is 60.9. The number of hydrogen-bond acceptors (Lipinski definition) is 9. The van der Waals surface area contributed by atoms with Gasteiger partial charge in [-0.05, 0) is 36.7 Å². The quantitative estimate of drug-likeness (QED) is 0.420. The van der Waals surface area contributed by atoms with Crippen molar-refractivity contribution in [1.29, 1.82) is 0 Å². The molecule has 0 aromatic heterocycles. The molecule has 5 aliphatic heterocycles. The second-order valence-corrected chi connectivity index (χ2v) is 12.2. The first-order valence-electron chi connectivity index (χ1n) is 11.1. The molecule has 0 unspecified atom stereocenters. The molecule has 31 heavy (non-hydrogen) atoms. The van der Waals surface area contributed by atoms with E-state index in [0.29, 0.717) is 19.4 Å². The van der Waals surface area contributed by atoms with Crippen molar-refractivity contribution in [3.05, 3.63) is 11.1 Å². The number of carbonyl (C=O) groups excluding carboxylic acids is 1. The minimum atomic E-state index is -4.16. The molecular formula is C21H24O9S. The van der Waals surface area contributed by atoms with Crippen molar-refractivity contribution in [2.75, 3.05) is 13.2 Å². The van der Waals surface area contributed by atoms with Crippen molar-refractivity contribution >= 4 is 16.4 Å². The number of esters is 1. The van der Waals surface area contributed by atoms with Gasteiger partial charge in [0.1, 0.15) is 36.6 Å². The van der Waals surface area contributed by atoms with Crippen LogP contribution < -0.4 is 0 Å². The van der Waals surface area contributed by atoms with E-state index in [4.69, 9.17) is 27.3 Å². The highest BCUT2D eigenvalue weighted by molar-refractivity contribution is 7.82. The number of carbonyl (C=O) groups is 1. The Bertz CT molecular complexity index is 1130. The van der Waals surface area contributed by atoms with Gasteiger partial charge in [-0.1, -0.05) is 20.8 Å². The number of ether oxygens (including phenoxy) is 4. The van der Waals surface area contributed by atoms with Crippen LogP contribution in [-0.2, 0) is 42.5 Å². The van der Waals surface area contributed by atoms with E-state index in [1.54, 1.807) is 0 Å². The van der Waals surface area contributed by atoms with E-state index in [0.717, 1.165) is 17.6 Å². The molecule has 0 radical (unpaired) electrons. The molecule has 0 amide bonds. The van der Waals surface area contributed by atoms with Crippen LogP contribution >= 0.6 is 0 Å². The van der Waals surface area contributed by atoms with Gasteiger partial charge in [0, 0.05) is 11.0 Å². The lowest BCUT2D eigenvalue weighted by molar-refractivity contribution is -0.143. The largest absolute Gasteiger partial charge is 0.458 e. The molecule has 0 N–H and O–H groups in total. The maximum absolute atomic E-state index is 12.5. The van der Waals surface area contributed by atoms with E-state index < -0.39 is 32.8 Å². The molecule has 3 spiro atoms. The first-order chi connectivity index (χ1) is 14.6. The summed E-state index contributed by atoms with van der Waals surface area (Å²) in [6.07, 6.45) is 1.33. The number of rotatable bonds is 1. The van der Waals surface area contributed by atoms with Gasteiger partial charge in [0.2, 0.25) is 0 Å². The predicted molar refractivity (Wildman–Crippen MR) is 99.8 cm³/mol. The van der Waals surface area contributed by atoms with Crippen LogP contribution in [0.4, 0.5) is 0 Å². The molecule has 2 saturated carbocycles. The molecule has 0 bridgehead atoms. The van der Waals surface area contributed by atoms with Gasteiger partial charge in [-0.3, -0.25) is 0 Å². The maximum Gasteiger partial charge on any atom is 0.400 e. The zero-order chi connectivity index (χ0) is 21.4. The predicted octanol–water partition coefficient (Wildman–Crippen LogP) is 0.773. The van der Waals surface area contributed by atoms with Gasteiger partial charge in [0.05, 0.1) is 6.10 Å². The first kappa shape index (κ1) is 18.4. The van der Waals surface area contributed by atoms with Crippen LogP contribution in [0.1, 0.15) is 40.0 Å². The summed E-state index contributed by atoms with van der Waals surface area (Å²) in [6, 6.07) is 0. The van der Waals surface area contributed by atoms with Crippen molar-refractivity contribution in [2.45, 2.75) is 80.7 Å². The molecule has 3 aliphatic carbocycles. The number of cyclic esters (lactones) is 1. The van der Waals surface area contributed by atoms with Crippen molar-refractivity contribution in [2.24, 2.45) is 17.3 Å². The van der Waals surface area contributed by atoms with Gasteiger partial charge in [-0.15, -0.1) is 0 Å². The Morgan fingerprint density at radius 1 is 1.10 bits per heavy atom. The van der Waals surface area contributed by atoms with Crippen molar-refractivity contribution < 1.29 is 40.5 Å². The van der Waals surface area contributed by atoms with E-state index in [1.165, 1.54) is 0 Å². The van der Waals surface area contributed by atoms with Crippen LogP contribution in [0.3, 0.4) is 0 Å². The monoisotopic (exact) mass is 452 g/mol.